The van der Waals surface area contributed by atoms with Gasteiger partial charge in [0.15, 0.2) is 0 Å². The molecule has 1 fully saturated rings. The van der Waals surface area contributed by atoms with E-state index in [0.29, 0.717) is 23.7 Å². The van der Waals surface area contributed by atoms with E-state index in [9.17, 15) is 8.42 Å². The molecular formula is C12H17ClN2O2S. The van der Waals surface area contributed by atoms with Crippen LogP contribution in [-0.4, -0.2) is 31.9 Å². The Morgan fingerprint density at radius 3 is 2.83 bits per heavy atom. The highest BCUT2D eigenvalue weighted by atomic mass is 35.5. The van der Waals surface area contributed by atoms with E-state index in [1.807, 2.05) is 0 Å². The molecule has 0 unspecified atom stereocenters. The molecule has 1 aliphatic heterocycles. The molecule has 1 aromatic rings. The van der Waals surface area contributed by atoms with Crippen molar-refractivity contribution in [3.8, 4) is 0 Å². The molecular weight excluding hydrogens is 272 g/mol. The summed E-state index contributed by atoms with van der Waals surface area (Å²) in [6.45, 7) is 2.68. The molecule has 0 saturated carbocycles. The van der Waals surface area contributed by atoms with Crippen LogP contribution in [0.25, 0.3) is 0 Å². The molecule has 0 bridgehead atoms. The van der Waals surface area contributed by atoms with Crippen molar-refractivity contribution in [1.82, 2.24) is 4.31 Å². The van der Waals surface area contributed by atoms with Crippen LogP contribution in [-0.2, 0) is 10.0 Å². The number of hydrogen-bond donors (Lipinski definition) is 1. The molecule has 6 heteroatoms. The van der Waals surface area contributed by atoms with E-state index in [4.69, 9.17) is 17.3 Å². The first-order valence-electron chi connectivity index (χ1n) is 5.93. The number of hydrogen-bond acceptors (Lipinski definition) is 3. The van der Waals surface area contributed by atoms with Gasteiger partial charge in [0.05, 0.1) is 4.90 Å². The number of halogens is 1. The summed E-state index contributed by atoms with van der Waals surface area (Å²) in [5.74, 6) is 0. The average Bonchev–Trinajstić information content (AvgIpc) is 2.32. The molecule has 1 aliphatic rings. The van der Waals surface area contributed by atoms with Gasteiger partial charge >= 0.3 is 0 Å². The zero-order chi connectivity index (χ0) is 13.3. The van der Waals surface area contributed by atoms with E-state index in [1.54, 1.807) is 19.1 Å². The summed E-state index contributed by atoms with van der Waals surface area (Å²) in [7, 11) is -3.48. The SMILES string of the molecule is Cc1ccc(Cl)cc1S(=O)(=O)N1CCC[C@@H](N)C1. The smallest absolute Gasteiger partial charge is 0.243 e. The van der Waals surface area contributed by atoms with Gasteiger partial charge in [-0.15, -0.1) is 0 Å². The first-order valence-corrected chi connectivity index (χ1v) is 7.75. The third-order valence-electron chi connectivity index (χ3n) is 3.19. The maximum atomic E-state index is 12.5. The van der Waals surface area contributed by atoms with Gasteiger partial charge in [-0.2, -0.15) is 4.31 Å². The van der Waals surface area contributed by atoms with Gasteiger partial charge in [0.25, 0.3) is 0 Å². The summed E-state index contributed by atoms with van der Waals surface area (Å²) in [6.07, 6.45) is 1.68. The van der Waals surface area contributed by atoms with Gasteiger partial charge in [-0.05, 0) is 37.5 Å². The summed E-state index contributed by atoms with van der Waals surface area (Å²) >= 11 is 5.88. The van der Waals surface area contributed by atoms with E-state index in [1.165, 1.54) is 10.4 Å². The molecule has 0 aromatic heterocycles. The minimum absolute atomic E-state index is 0.0759. The number of benzene rings is 1. The summed E-state index contributed by atoms with van der Waals surface area (Å²) in [5.41, 5.74) is 6.54. The fourth-order valence-corrected chi connectivity index (χ4v) is 4.21. The molecule has 0 aliphatic carbocycles. The zero-order valence-electron chi connectivity index (χ0n) is 10.3. The number of nitrogens with zero attached hydrogens (tertiary/aromatic N) is 1. The largest absolute Gasteiger partial charge is 0.327 e. The normalized spacial score (nSPS) is 22.1. The lowest BCUT2D eigenvalue weighted by atomic mass is 10.1. The van der Waals surface area contributed by atoms with Gasteiger partial charge in [0.1, 0.15) is 0 Å². The molecule has 2 rings (SSSR count). The molecule has 0 spiro atoms. The van der Waals surface area contributed by atoms with Crippen molar-refractivity contribution in [3.05, 3.63) is 28.8 Å². The predicted molar refractivity (Wildman–Crippen MR) is 72.2 cm³/mol. The number of piperidine rings is 1. The second-order valence-electron chi connectivity index (χ2n) is 4.68. The fourth-order valence-electron chi connectivity index (χ4n) is 2.18. The number of rotatable bonds is 2. The van der Waals surface area contributed by atoms with E-state index in [0.717, 1.165) is 12.8 Å². The number of nitrogens with two attached hydrogens (primary N) is 1. The van der Waals surface area contributed by atoms with Crippen LogP contribution in [0.3, 0.4) is 0 Å². The van der Waals surface area contributed by atoms with E-state index < -0.39 is 10.0 Å². The molecule has 1 atom stereocenters. The van der Waals surface area contributed by atoms with Crippen molar-refractivity contribution in [2.75, 3.05) is 13.1 Å². The topological polar surface area (TPSA) is 63.4 Å². The highest BCUT2D eigenvalue weighted by Gasteiger charge is 2.29. The quantitative estimate of drug-likeness (QED) is 0.902. The monoisotopic (exact) mass is 288 g/mol. The Labute approximate surface area is 113 Å². The van der Waals surface area contributed by atoms with Crippen molar-refractivity contribution in [2.24, 2.45) is 5.73 Å². The summed E-state index contributed by atoms with van der Waals surface area (Å²) in [5, 5.41) is 0.431. The molecule has 1 saturated heterocycles. The van der Waals surface area contributed by atoms with Crippen LogP contribution >= 0.6 is 11.6 Å². The second kappa shape index (κ2) is 5.17. The molecule has 18 heavy (non-hydrogen) atoms. The van der Waals surface area contributed by atoms with Gasteiger partial charge < -0.3 is 5.73 Å². The van der Waals surface area contributed by atoms with Gasteiger partial charge in [-0.25, -0.2) is 8.42 Å². The Balaban J connectivity index is 2.38. The average molecular weight is 289 g/mol. The lowest BCUT2D eigenvalue weighted by Gasteiger charge is -2.30. The third kappa shape index (κ3) is 2.69. The van der Waals surface area contributed by atoms with Gasteiger partial charge in [0, 0.05) is 24.2 Å². The number of aryl methyl sites for hydroxylation is 1. The Morgan fingerprint density at radius 1 is 1.44 bits per heavy atom. The maximum absolute atomic E-state index is 12.5. The Kier molecular flexibility index (Phi) is 3.96. The van der Waals surface area contributed by atoms with Crippen molar-refractivity contribution in [3.63, 3.8) is 0 Å². The first kappa shape index (κ1) is 13.8. The van der Waals surface area contributed by atoms with Crippen LogP contribution in [0.5, 0.6) is 0 Å². The van der Waals surface area contributed by atoms with E-state index in [2.05, 4.69) is 0 Å². The Hall–Kier alpha value is -0.620. The molecule has 0 amide bonds. The maximum Gasteiger partial charge on any atom is 0.243 e. The minimum Gasteiger partial charge on any atom is -0.327 e. The minimum atomic E-state index is -3.48. The van der Waals surface area contributed by atoms with Crippen LogP contribution in [0.2, 0.25) is 5.02 Å². The van der Waals surface area contributed by atoms with Gasteiger partial charge in [-0.3, -0.25) is 0 Å². The lowest BCUT2D eigenvalue weighted by molar-refractivity contribution is 0.316. The molecule has 1 aromatic carbocycles. The Morgan fingerprint density at radius 2 is 2.17 bits per heavy atom. The van der Waals surface area contributed by atoms with E-state index in [-0.39, 0.29) is 10.9 Å². The first-order chi connectivity index (χ1) is 8.41. The van der Waals surface area contributed by atoms with Crippen LogP contribution in [0, 0.1) is 6.92 Å². The lowest BCUT2D eigenvalue weighted by Crippen LogP contribution is -2.45. The fraction of sp³-hybridized carbons (Fsp3) is 0.500. The molecule has 0 radical (unpaired) electrons. The van der Waals surface area contributed by atoms with Crippen LogP contribution in [0.4, 0.5) is 0 Å². The van der Waals surface area contributed by atoms with Crippen LogP contribution in [0.15, 0.2) is 23.1 Å². The van der Waals surface area contributed by atoms with E-state index >= 15 is 0 Å². The van der Waals surface area contributed by atoms with Crippen molar-refractivity contribution < 1.29 is 8.42 Å². The van der Waals surface area contributed by atoms with Crippen molar-refractivity contribution >= 4 is 21.6 Å². The zero-order valence-corrected chi connectivity index (χ0v) is 11.8. The predicted octanol–water partition coefficient (Wildman–Crippen LogP) is 1.76. The highest BCUT2D eigenvalue weighted by Crippen LogP contribution is 2.25. The van der Waals surface area contributed by atoms with Crippen LogP contribution < -0.4 is 5.73 Å². The van der Waals surface area contributed by atoms with Gasteiger partial charge in [0.2, 0.25) is 10.0 Å². The standard InChI is InChI=1S/C12H17ClN2O2S/c1-9-4-5-10(13)7-12(9)18(16,17)15-6-2-3-11(14)8-15/h4-5,7,11H,2-3,6,8,14H2,1H3/t11-/m1/s1. The van der Waals surface area contributed by atoms with Gasteiger partial charge in [-0.1, -0.05) is 17.7 Å². The van der Waals surface area contributed by atoms with Crippen LogP contribution in [0.1, 0.15) is 18.4 Å². The van der Waals surface area contributed by atoms with Crippen molar-refractivity contribution in [1.29, 1.82) is 0 Å². The highest BCUT2D eigenvalue weighted by molar-refractivity contribution is 7.89. The molecule has 2 N–H and O–H groups in total. The molecule has 1 heterocycles. The molecule has 100 valence electrons. The second-order valence-corrected chi connectivity index (χ2v) is 7.02. The molecule has 4 nitrogen and oxygen atoms in total. The summed E-state index contributed by atoms with van der Waals surface area (Å²) in [4.78, 5) is 0.282. The third-order valence-corrected chi connectivity index (χ3v) is 5.43. The Bertz CT molecular complexity index is 545. The summed E-state index contributed by atoms with van der Waals surface area (Å²) in [6, 6.07) is 4.84. The van der Waals surface area contributed by atoms with Crippen molar-refractivity contribution in [2.45, 2.75) is 30.7 Å². The summed E-state index contributed by atoms with van der Waals surface area (Å²) < 4.78 is 26.5. The number of sulfonamides is 1.